The Balaban J connectivity index is 1.85. The monoisotopic (exact) mass is 273 g/mol. The molecular formula is C18H27NO. The summed E-state index contributed by atoms with van der Waals surface area (Å²) in [6.45, 7) is 8.49. The van der Waals surface area contributed by atoms with Gasteiger partial charge in [-0.1, -0.05) is 42.0 Å². The molecule has 110 valence electrons. The van der Waals surface area contributed by atoms with Crippen molar-refractivity contribution in [3.63, 3.8) is 0 Å². The lowest BCUT2D eigenvalue weighted by Gasteiger charge is -2.24. The van der Waals surface area contributed by atoms with Crippen LogP contribution in [0, 0.1) is 0 Å². The van der Waals surface area contributed by atoms with Gasteiger partial charge in [0.15, 0.2) is 0 Å². The molecule has 1 atom stereocenters. The van der Waals surface area contributed by atoms with Gasteiger partial charge in [-0.25, -0.2) is 0 Å². The molecule has 0 aliphatic carbocycles. The van der Waals surface area contributed by atoms with E-state index in [2.05, 4.69) is 55.2 Å². The quantitative estimate of drug-likeness (QED) is 0.703. The summed E-state index contributed by atoms with van der Waals surface area (Å²) in [6, 6.07) is 10.7. The Morgan fingerprint density at radius 1 is 1.30 bits per heavy atom. The van der Waals surface area contributed by atoms with E-state index in [4.69, 9.17) is 4.74 Å². The van der Waals surface area contributed by atoms with Crippen LogP contribution in [0.5, 0.6) is 0 Å². The van der Waals surface area contributed by atoms with Gasteiger partial charge in [-0.2, -0.15) is 0 Å². The highest BCUT2D eigenvalue weighted by Gasteiger charge is 2.18. The third kappa shape index (κ3) is 5.48. The van der Waals surface area contributed by atoms with Crippen LogP contribution in [-0.4, -0.2) is 37.2 Å². The van der Waals surface area contributed by atoms with E-state index >= 15 is 0 Å². The third-order valence-corrected chi connectivity index (χ3v) is 3.80. The summed E-state index contributed by atoms with van der Waals surface area (Å²) in [5.74, 6) is 0. The first-order valence-electron chi connectivity index (χ1n) is 7.75. The highest BCUT2D eigenvalue weighted by molar-refractivity contribution is 5.15. The lowest BCUT2D eigenvalue weighted by Crippen LogP contribution is -2.34. The topological polar surface area (TPSA) is 12.5 Å². The summed E-state index contributed by atoms with van der Waals surface area (Å²) in [5.41, 5.74) is 2.81. The van der Waals surface area contributed by atoms with Crippen molar-refractivity contribution in [3.05, 3.63) is 47.5 Å². The molecule has 0 amide bonds. The zero-order valence-corrected chi connectivity index (χ0v) is 12.8. The van der Waals surface area contributed by atoms with Crippen molar-refractivity contribution >= 4 is 0 Å². The molecule has 2 nitrogen and oxygen atoms in total. The Morgan fingerprint density at radius 2 is 2.10 bits per heavy atom. The number of ether oxygens (including phenoxy) is 1. The van der Waals surface area contributed by atoms with E-state index in [9.17, 15) is 0 Å². The van der Waals surface area contributed by atoms with Crippen molar-refractivity contribution in [2.75, 3.05) is 26.2 Å². The second kappa shape index (κ2) is 8.23. The van der Waals surface area contributed by atoms with Crippen molar-refractivity contribution in [2.45, 2.75) is 39.2 Å². The molecule has 0 aromatic heterocycles. The van der Waals surface area contributed by atoms with E-state index < -0.39 is 0 Å². The fraction of sp³-hybridized carbons (Fsp3) is 0.556. The number of rotatable bonds is 7. The van der Waals surface area contributed by atoms with E-state index in [-0.39, 0.29) is 0 Å². The third-order valence-electron chi connectivity index (χ3n) is 3.80. The van der Waals surface area contributed by atoms with Gasteiger partial charge in [-0.15, -0.1) is 0 Å². The second-order valence-corrected chi connectivity index (χ2v) is 5.91. The molecule has 2 heteroatoms. The molecule has 1 fully saturated rings. The molecule has 2 rings (SSSR count). The van der Waals surface area contributed by atoms with E-state index in [0.717, 1.165) is 32.7 Å². The summed E-state index contributed by atoms with van der Waals surface area (Å²) in [6.07, 6.45) is 6.32. The zero-order chi connectivity index (χ0) is 14.2. The minimum Gasteiger partial charge on any atom is -0.377 e. The van der Waals surface area contributed by atoms with Crippen molar-refractivity contribution in [1.29, 1.82) is 0 Å². The predicted octanol–water partition coefficient (Wildman–Crippen LogP) is 3.68. The Bertz CT molecular complexity index is 403. The number of benzene rings is 1. The van der Waals surface area contributed by atoms with Crippen LogP contribution in [0.2, 0.25) is 0 Å². The van der Waals surface area contributed by atoms with Gasteiger partial charge in [0.05, 0.1) is 6.10 Å². The molecule has 1 aliphatic rings. The summed E-state index contributed by atoms with van der Waals surface area (Å²) >= 11 is 0. The lowest BCUT2D eigenvalue weighted by atomic mass is 10.1. The minimum atomic E-state index is 0.441. The molecule has 0 N–H and O–H groups in total. The van der Waals surface area contributed by atoms with Crippen molar-refractivity contribution in [3.8, 4) is 0 Å². The van der Waals surface area contributed by atoms with Crippen molar-refractivity contribution < 1.29 is 4.74 Å². The average Bonchev–Trinajstić information content (AvgIpc) is 2.96. The van der Waals surface area contributed by atoms with Gasteiger partial charge in [0.25, 0.3) is 0 Å². The van der Waals surface area contributed by atoms with Crippen LogP contribution in [0.1, 0.15) is 32.3 Å². The molecule has 0 bridgehead atoms. The summed E-state index contributed by atoms with van der Waals surface area (Å²) in [7, 11) is 0. The SMILES string of the molecule is CC(C)=CCN(CCc1ccccc1)CC1CCCO1. The zero-order valence-electron chi connectivity index (χ0n) is 12.8. The summed E-state index contributed by atoms with van der Waals surface area (Å²) in [5, 5.41) is 0. The average molecular weight is 273 g/mol. The molecule has 0 spiro atoms. The highest BCUT2D eigenvalue weighted by Crippen LogP contribution is 2.14. The largest absolute Gasteiger partial charge is 0.377 e. The Hall–Kier alpha value is -1.12. The van der Waals surface area contributed by atoms with E-state index in [0.29, 0.717) is 6.10 Å². The molecule has 0 saturated carbocycles. The summed E-state index contributed by atoms with van der Waals surface area (Å²) in [4.78, 5) is 2.52. The molecule has 1 aliphatic heterocycles. The van der Waals surface area contributed by atoms with Gasteiger partial charge in [0, 0.05) is 26.2 Å². The molecule has 20 heavy (non-hydrogen) atoms. The molecule has 1 aromatic rings. The molecular weight excluding hydrogens is 246 g/mol. The number of nitrogens with zero attached hydrogens (tertiary/aromatic N) is 1. The number of hydrogen-bond donors (Lipinski definition) is 0. The first kappa shape index (κ1) is 15.3. The van der Waals surface area contributed by atoms with Crippen LogP contribution in [0.4, 0.5) is 0 Å². The van der Waals surface area contributed by atoms with E-state index in [1.165, 1.54) is 24.0 Å². The minimum absolute atomic E-state index is 0.441. The van der Waals surface area contributed by atoms with Crippen LogP contribution in [0.3, 0.4) is 0 Å². The van der Waals surface area contributed by atoms with Crippen LogP contribution in [-0.2, 0) is 11.2 Å². The van der Waals surface area contributed by atoms with Gasteiger partial charge in [-0.3, -0.25) is 4.90 Å². The maximum atomic E-state index is 5.78. The molecule has 1 aromatic carbocycles. The molecule has 0 radical (unpaired) electrons. The first-order valence-corrected chi connectivity index (χ1v) is 7.75. The van der Waals surface area contributed by atoms with E-state index in [1.807, 2.05) is 0 Å². The molecule has 1 saturated heterocycles. The number of hydrogen-bond acceptors (Lipinski definition) is 2. The lowest BCUT2D eigenvalue weighted by molar-refractivity contribution is 0.0771. The highest BCUT2D eigenvalue weighted by atomic mass is 16.5. The summed E-state index contributed by atoms with van der Waals surface area (Å²) < 4.78 is 5.78. The first-order chi connectivity index (χ1) is 9.74. The van der Waals surface area contributed by atoms with Gasteiger partial charge in [0.1, 0.15) is 0 Å². The molecule has 1 unspecified atom stereocenters. The van der Waals surface area contributed by atoms with Crippen LogP contribution in [0.15, 0.2) is 42.0 Å². The maximum Gasteiger partial charge on any atom is 0.0702 e. The number of allylic oxidation sites excluding steroid dienone is 1. The fourth-order valence-electron chi connectivity index (χ4n) is 2.58. The Labute approximate surface area is 123 Å². The van der Waals surface area contributed by atoms with Gasteiger partial charge >= 0.3 is 0 Å². The van der Waals surface area contributed by atoms with Crippen molar-refractivity contribution in [1.82, 2.24) is 4.90 Å². The van der Waals surface area contributed by atoms with Crippen LogP contribution in [0.25, 0.3) is 0 Å². The smallest absolute Gasteiger partial charge is 0.0702 e. The normalized spacial score (nSPS) is 18.4. The van der Waals surface area contributed by atoms with Crippen molar-refractivity contribution in [2.24, 2.45) is 0 Å². The Kier molecular flexibility index (Phi) is 6.28. The maximum absolute atomic E-state index is 5.78. The van der Waals surface area contributed by atoms with Crippen LogP contribution < -0.4 is 0 Å². The van der Waals surface area contributed by atoms with Gasteiger partial charge in [0.2, 0.25) is 0 Å². The molecule has 1 heterocycles. The van der Waals surface area contributed by atoms with Crippen LogP contribution >= 0.6 is 0 Å². The van der Waals surface area contributed by atoms with Gasteiger partial charge < -0.3 is 4.74 Å². The standard InChI is InChI=1S/C18H27NO/c1-16(2)10-12-19(15-18-9-6-14-20-18)13-11-17-7-4-3-5-8-17/h3-5,7-8,10,18H,6,9,11-15H2,1-2H3. The fourth-order valence-corrected chi connectivity index (χ4v) is 2.58. The predicted molar refractivity (Wildman–Crippen MR) is 85.0 cm³/mol. The van der Waals surface area contributed by atoms with Gasteiger partial charge in [-0.05, 0) is 38.7 Å². The Morgan fingerprint density at radius 3 is 2.75 bits per heavy atom. The van der Waals surface area contributed by atoms with E-state index in [1.54, 1.807) is 0 Å². The second-order valence-electron chi connectivity index (χ2n) is 5.91.